The van der Waals surface area contributed by atoms with Crippen LogP contribution in [0.3, 0.4) is 0 Å². The highest BCUT2D eigenvalue weighted by atomic mass is 35.5. The Kier molecular flexibility index (Phi) is 4.53. The molecule has 0 spiro atoms. The fourth-order valence-corrected chi connectivity index (χ4v) is 3.11. The third-order valence-electron chi connectivity index (χ3n) is 3.26. The van der Waals surface area contributed by atoms with E-state index in [-0.39, 0.29) is 16.9 Å². The molecule has 1 fully saturated rings. The van der Waals surface area contributed by atoms with E-state index >= 15 is 0 Å². The third kappa shape index (κ3) is 3.31. The van der Waals surface area contributed by atoms with Gasteiger partial charge in [0.25, 0.3) is 0 Å². The van der Waals surface area contributed by atoms with Crippen LogP contribution < -0.4 is 4.90 Å². The molecule has 0 bridgehead atoms. The summed E-state index contributed by atoms with van der Waals surface area (Å²) in [6, 6.07) is 5.60. The molecular formula is C14H16ClNO2S. The Balaban J connectivity index is 2.11. The summed E-state index contributed by atoms with van der Waals surface area (Å²) in [4.78, 5) is 24.8. The predicted octanol–water partition coefficient (Wildman–Crippen LogP) is 3.28. The molecule has 1 atom stereocenters. The lowest BCUT2D eigenvalue weighted by Gasteiger charge is -2.19. The average molecular weight is 298 g/mol. The number of hydrogen-bond donors (Lipinski definition) is 0. The van der Waals surface area contributed by atoms with E-state index < -0.39 is 0 Å². The zero-order chi connectivity index (χ0) is 14.0. The lowest BCUT2D eigenvalue weighted by molar-refractivity contribution is -0.117. The van der Waals surface area contributed by atoms with Gasteiger partial charge in [-0.1, -0.05) is 29.4 Å². The Morgan fingerprint density at radius 3 is 2.95 bits per heavy atom. The molecule has 1 aromatic carbocycles. The number of benzene rings is 1. The molecule has 0 N–H and O–H groups in total. The highest BCUT2D eigenvalue weighted by molar-refractivity contribution is 8.13. The standard InChI is InChI=1S/C14H16ClNO2S/c1-9-12(15)4-3-5-13(9)16-7-11(6-14(16)18)8-19-10(2)17/h3-5,11H,6-8H2,1-2H3. The fourth-order valence-electron chi connectivity index (χ4n) is 2.25. The molecule has 1 aliphatic rings. The van der Waals surface area contributed by atoms with Gasteiger partial charge in [0.2, 0.25) is 5.91 Å². The number of amides is 1. The van der Waals surface area contributed by atoms with Gasteiger partial charge in [-0.15, -0.1) is 0 Å². The van der Waals surface area contributed by atoms with Crippen molar-refractivity contribution in [2.75, 3.05) is 17.2 Å². The molecule has 0 aromatic heterocycles. The maximum absolute atomic E-state index is 12.1. The molecule has 0 saturated carbocycles. The number of halogens is 1. The summed E-state index contributed by atoms with van der Waals surface area (Å²) >= 11 is 7.38. The van der Waals surface area contributed by atoms with Gasteiger partial charge < -0.3 is 4.90 Å². The van der Waals surface area contributed by atoms with E-state index in [9.17, 15) is 9.59 Å². The van der Waals surface area contributed by atoms with Crippen LogP contribution in [-0.2, 0) is 9.59 Å². The summed E-state index contributed by atoms with van der Waals surface area (Å²) in [5.41, 5.74) is 1.81. The first-order valence-corrected chi connectivity index (χ1v) is 7.54. The number of thioether (sulfide) groups is 1. The maximum atomic E-state index is 12.1. The van der Waals surface area contributed by atoms with E-state index in [2.05, 4.69) is 0 Å². The van der Waals surface area contributed by atoms with Crippen LogP contribution in [0.15, 0.2) is 18.2 Å². The van der Waals surface area contributed by atoms with Crippen molar-refractivity contribution >= 4 is 40.1 Å². The molecule has 1 aliphatic heterocycles. The average Bonchev–Trinajstić information content (AvgIpc) is 2.71. The van der Waals surface area contributed by atoms with Crippen molar-refractivity contribution in [3.63, 3.8) is 0 Å². The second-order valence-corrected chi connectivity index (χ2v) is 6.37. The highest BCUT2D eigenvalue weighted by Gasteiger charge is 2.31. The van der Waals surface area contributed by atoms with Gasteiger partial charge in [0, 0.05) is 36.4 Å². The summed E-state index contributed by atoms with van der Waals surface area (Å²) < 4.78 is 0. The van der Waals surface area contributed by atoms with Gasteiger partial charge in [-0.25, -0.2) is 0 Å². The molecule has 2 rings (SSSR count). The summed E-state index contributed by atoms with van der Waals surface area (Å²) in [7, 11) is 0. The summed E-state index contributed by atoms with van der Waals surface area (Å²) in [6.07, 6.45) is 0.506. The minimum atomic E-state index is 0.102. The first kappa shape index (κ1) is 14.4. The van der Waals surface area contributed by atoms with Gasteiger partial charge >= 0.3 is 0 Å². The smallest absolute Gasteiger partial charge is 0.227 e. The topological polar surface area (TPSA) is 37.4 Å². The molecular weight excluding hydrogens is 282 g/mol. The van der Waals surface area contributed by atoms with Crippen LogP contribution in [0.1, 0.15) is 18.9 Å². The fraction of sp³-hybridized carbons (Fsp3) is 0.429. The minimum absolute atomic E-state index is 0.102. The second-order valence-electron chi connectivity index (χ2n) is 4.76. The van der Waals surface area contributed by atoms with E-state index in [1.807, 2.05) is 25.1 Å². The largest absolute Gasteiger partial charge is 0.312 e. The van der Waals surface area contributed by atoms with E-state index in [1.54, 1.807) is 11.8 Å². The molecule has 1 amide bonds. The molecule has 0 aliphatic carbocycles. The number of rotatable bonds is 3. The lowest BCUT2D eigenvalue weighted by atomic mass is 10.1. The molecule has 3 nitrogen and oxygen atoms in total. The quantitative estimate of drug-likeness (QED) is 0.859. The molecule has 0 radical (unpaired) electrons. The second kappa shape index (κ2) is 5.97. The minimum Gasteiger partial charge on any atom is -0.312 e. The van der Waals surface area contributed by atoms with Crippen molar-refractivity contribution in [3.05, 3.63) is 28.8 Å². The zero-order valence-electron chi connectivity index (χ0n) is 11.0. The highest BCUT2D eigenvalue weighted by Crippen LogP contribution is 2.32. The van der Waals surface area contributed by atoms with Crippen LogP contribution in [0.5, 0.6) is 0 Å². The Morgan fingerprint density at radius 1 is 1.53 bits per heavy atom. The Hall–Kier alpha value is -1.00. The lowest BCUT2D eigenvalue weighted by Crippen LogP contribution is -2.25. The Bertz CT molecular complexity index is 518. The Morgan fingerprint density at radius 2 is 2.26 bits per heavy atom. The summed E-state index contributed by atoms with van der Waals surface area (Å²) in [5, 5.41) is 0.775. The molecule has 1 aromatic rings. The van der Waals surface area contributed by atoms with Gasteiger partial charge in [0.1, 0.15) is 0 Å². The number of nitrogens with zero attached hydrogens (tertiary/aromatic N) is 1. The molecule has 1 unspecified atom stereocenters. The van der Waals surface area contributed by atoms with Crippen LogP contribution >= 0.6 is 23.4 Å². The zero-order valence-corrected chi connectivity index (χ0v) is 12.6. The first-order chi connectivity index (χ1) is 8.99. The number of carbonyl (C=O) groups excluding carboxylic acids is 2. The Labute approximate surface area is 122 Å². The van der Waals surface area contributed by atoms with Gasteiger partial charge in [-0.05, 0) is 30.5 Å². The normalized spacial score (nSPS) is 19.0. The van der Waals surface area contributed by atoms with Crippen molar-refractivity contribution in [2.24, 2.45) is 5.92 Å². The van der Waals surface area contributed by atoms with Crippen molar-refractivity contribution < 1.29 is 9.59 Å². The monoisotopic (exact) mass is 297 g/mol. The first-order valence-electron chi connectivity index (χ1n) is 6.18. The molecule has 19 heavy (non-hydrogen) atoms. The number of carbonyl (C=O) groups is 2. The van der Waals surface area contributed by atoms with Crippen LogP contribution in [0.25, 0.3) is 0 Å². The van der Waals surface area contributed by atoms with Gasteiger partial charge in [-0.3, -0.25) is 9.59 Å². The van der Waals surface area contributed by atoms with E-state index in [0.29, 0.717) is 23.7 Å². The van der Waals surface area contributed by atoms with E-state index in [1.165, 1.54) is 11.8 Å². The maximum Gasteiger partial charge on any atom is 0.227 e. The van der Waals surface area contributed by atoms with E-state index in [0.717, 1.165) is 11.3 Å². The van der Waals surface area contributed by atoms with Crippen molar-refractivity contribution in [3.8, 4) is 0 Å². The van der Waals surface area contributed by atoms with Crippen LogP contribution in [0, 0.1) is 12.8 Å². The van der Waals surface area contributed by atoms with Crippen molar-refractivity contribution in [1.82, 2.24) is 0 Å². The predicted molar refractivity (Wildman–Crippen MR) is 79.8 cm³/mol. The van der Waals surface area contributed by atoms with Crippen LogP contribution in [0.4, 0.5) is 5.69 Å². The molecule has 5 heteroatoms. The number of anilines is 1. The molecule has 102 valence electrons. The van der Waals surface area contributed by atoms with Crippen LogP contribution in [0.2, 0.25) is 5.02 Å². The number of hydrogen-bond acceptors (Lipinski definition) is 3. The third-order valence-corrected chi connectivity index (χ3v) is 4.71. The SMILES string of the molecule is CC(=O)SCC1CC(=O)N(c2cccc(Cl)c2C)C1. The summed E-state index contributed by atoms with van der Waals surface area (Å²) in [6.45, 7) is 4.14. The van der Waals surface area contributed by atoms with Crippen LogP contribution in [-0.4, -0.2) is 23.3 Å². The molecule has 1 saturated heterocycles. The summed E-state index contributed by atoms with van der Waals surface area (Å²) in [5.74, 6) is 1.05. The van der Waals surface area contributed by atoms with Gasteiger partial charge in [0.15, 0.2) is 5.12 Å². The molecule has 1 heterocycles. The van der Waals surface area contributed by atoms with Gasteiger partial charge in [-0.2, -0.15) is 0 Å². The van der Waals surface area contributed by atoms with Crippen molar-refractivity contribution in [2.45, 2.75) is 20.3 Å². The van der Waals surface area contributed by atoms with E-state index in [4.69, 9.17) is 11.6 Å². The van der Waals surface area contributed by atoms with Gasteiger partial charge in [0.05, 0.1) is 0 Å². The van der Waals surface area contributed by atoms with Crippen molar-refractivity contribution in [1.29, 1.82) is 0 Å².